The molecule has 0 aliphatic carbocycles. The van der Waals surface area contributed by atoms with E-state index in [1.807, 2.05) is 41.1 Å². The molecule has 0 amide bonds. The maximum absolute atomic E-state index is 11.3. The molecule has 204 valence electrons. The van der Waals surface area contributed by atoms with E-state index in [1.165, 1.54) is 0 Å². The number of ether oxygens (including phenoxy) is 2. The van der Waals surface area contributed by atoms with Crippen molar-refractivity contribution in [3.8, 4) is 22.6 Å². The van der Waals surface area contributed by atoms with E-state index in [2.05, 4.69) is 43.1 Å². The molecule has 0 aliphatic heterocycles. The fraction of sp³-hybridized carbons (Fsp3) is 0.219. The molecule has 3 N–H and O–H groups in total. The summed E-state index contributed by atoms with van der Waals surface area (Å²) in [6.45, 7) is 5.18. The van der Waals surface area contributed by atoms with E-state index in [1.54, 1.807) is 24.5 Å². The Morgan fingerprint density at radius 1 is 0.950 bits per heavy atom. The van der Waals surface area contributed by atoms with E-state index in [9.17, 15) is 9.90 Å². The highest BCUT2D eigenvalue weighted by atomic mass is 16.5. The van der Waals surface area contributed by atoms with E-state index in [0.29, 0.717) is 24.5 Å². The summed E-state index contributed by atoms with van der Waals surface area (Å²) in [4.78, 5) is 15.5. The average Bonchev–Trinajstić information content (AvgIpc) is 3.34. The first-order chi connectivity index (χ1) is 19.4. The lowest BCUT2D eigenvalue weighted by Gasteiger charge is -2.12. The van der Waals surface area contributed by atoms with Gasteiger partial charge in [-0.2, -0.15) is 5.10 Å². The van der Waals surface area contributed by atoms with Gasteiger partial charge in [0.2, 0.25) is 0 Å². The van der Waals surface area contributed by atoms with Crippen LogP contribution in [0.1, 0.15) is 42.3 Å². The Morgan fingerprint density at radius 2 is 1.80 bits per heavy atom. The molecular weight excluding hydrogens is 504 g/mol. The molecule has 8 heteroatoms. The highest BCUT2D eigenvalue weighted by Crippen LogP contribution is 2.32. The summed E-state index contributed by atoms with van der Waals surface area (Å²) in [6, 6.07) is 23.5. The zero-order chi connectivity index (χ0) is 28.1. The highest BCUT2D eigenvalue weighted by Gasteiger charge is 2.16. The maximum atomic E-state index is 11.3. The number of para-hydroxylation sites is 1. The van der Waals surface area contributed by atoms with Crippen LogP contribution in [0.4, 0.5) is 0 Å². The number of aromatic nitrogens is 3. The first-order valence-corrected chi connectivity index (χ1v) is 13.2. The van der Waals surface area contributed by atoms with Crippen molar-refractivity contribution in [2.45, 2.75) is 46.1 Å². The molecule has 5 aromatic rings. The second kappa shape index (κ2) is 12.0. The van der Waals surface area contributed by atoms with Crippen LogP contribution in [-0.4, -0.2) is 25.8 Å². The van der Waals surface area contributed by atoms with Crippen molar-refractivity contribution >= 4 is 16.9 Å². The number of carbonyl (C=O) groups is 1. The number of benzene rings is 3. The molecule has 2 aromatic heterocycles. The lowest BCUT2D eigenvalue weighted by molar-refractivity contribution is -0.136. The van der Waals surface area contributed by atoms with Crippen LogP contribution in [0.5, 0.6) is 11.5 Å². The fourth-order valence-corrected chi connectivity index (χ4v) is 4.66. The Balaban J connectivity index is 1.47. The number of hydrogen-bond acceptors (Lipinski definition) is 6. The van der Waals surface area contributed by atoms with Gasteiger partial charge in [-0.15, -0.1) is 0 Å². The van der Waals surface area contributed by atoms with Crippen LogP contribution in [0.3, 0.4) is 0 Å². The topological polar surface area (TPSA) is 112 Å². The number of aliphatic carboxylic acids is 1. The third-order valence-corrected chi connectivity index (χ3v) is 6.61. The van der Waals surface area contributed by atoms with Gasteiger partial charge in [-0.05, 0) is 73.0 Å². The average molecular weight is 537 g/mol. The highest BCUT2D eigenvalue weighted by molar-refractivity contribution is 5.87. The van der Waals surface area contributed by atoms with E-state index in [0.717, 1.165) is 44.6 Å². The number of nitrogens with two attached hydrogens (primary N) is 1. The van der Waals surface area contributed by atoms with Crippen molar-refractivity contribution in [2.24, 2.45) is 5.73 Å². The summed E-state index contributed by atoms with van der Waals surface area (Å²) in [5, 5.41) is 15.1. The van der Waals surface area contributed by atoms with Crippen molar-refractivity contribution in [1.29, 1.82) is 0 Å². The lowest BCUT2D eigenvalue weighted by atomic mass is 10.0. The van der Waals surface area contributed by atoms with Crippen LogP contribution in [0.15, 0.2) is 85.2 Å². The monoisotopic (exact) mass is 536 g/mol. The number of carboxylic acid groups (broad SMARTS) is 1. The zero-order valence-corrected chi connectivity index (χ0v) is 22.6. The number of rotatable bonds is 11. The Labute approximate surface area is 233 Å². The first-order valence-electron chi connectivity index (χ1n) is 13.2. The SMILES string of the molecule is CC(C)n1nc(COc2ccccc2CC(=O)O)c2cc(-c3cc(CN)cc(OCc4cccnc4)c3)ccc21. The molecule has 0 saturated carbocycles. The van der Waals surface area contributed by atoms with Gasteiger partial charge < -0.3 is 20.3 Å². The molecule has 0 radical (unpaired) electrons. The third-order valence-electron chi connectivity index (χ3n) is 6.61. The van der Waals surface area contributed by atoms with Crippen LogP contribution >= 0.6 is 0 Å². The summed E-state index contributed by atoms with van der Waals surface area (Å²) < 4.78 is 14.2. The summed E-state index contributed by atoms with van der Waals surface area (Å²) in [6.07, 6.45) is 3.42. The van der Waals surface area contributed by atoms with Gasteiger partial charge in [0.25, 0.3) is 0 Å². The normalized spacial score (nSPS) is 11.2. The molecule has 2 heterocycles. The van der Waals surface area contributed by atoms with E-state index < -0.39 is 5.97 Å². The summed E-state index contributed by atoms with van der Waals surface area (Å²) >= 11 is 0. The van der Waals surface area contributed by atoms with E-state index >= 15 is 0 Å². The summed E-state index contributed by atoms with van der Waals surface area (Å²) in [5.74, 6) is 0.372. The van der Waals surface area contributed by atoms with Crippen molar-refractivity contribution in [1.82, 2.24) is 14.8 Å². The van der Waals surface area contributed by atoms with Crippen LogP contribution in [-0.2, 0) is 31.0 Å². The molecule has 3 aromatic carbocycles. The quantitative estimate of drug-likeness (QED) is 0.215. The molecule has 5 rings (SSSR count). The molecule has 0 unspecified atom stereocenters. The second-order valence-electron chi connectivity index (χ2n) is 9.90. The van der Waals surface area contributed by atoms with E-state index in [4.69, 9.17) is 20.3 Å². The number of pyridine rings is 1. The smallest absolute Gasteiger partial charge is 0.307 e. The van der Waals surface area contributed by atoms with Crippen LogP contribution in [0, 0.1) is 0 Å². The van der Waals surface area contributed by atoms with Gasteiger partial charge in [0, 0.05) is 41.5 Å². The van der Waals surface area contributed by atoms with Gasteiger partial charge in [0.15, 0.2) is 0 Å². The van der Waals surface area contributed by atoms with Gasteiger partial charge in [0.1, 0.15) is 30.4 Å². The molecule has 0 saturated heterocycles. The largest absolute Gasteiger partial charge is 0.489 e. The zero-order valence-electron chi connectivity index (χ0n) is 22.6. The number of carboxylic acids is 1. The minimum absolute atomic E-state index is 0.107. The molecular formula is C32H32N4O4. The Hall–Kier alpha value is -4.69. The van der Waals surface area contributed by atoms with E-state index in [-0.39, 0.29) is 19.1 Å². The first kappa shape index (κ1) is 26.9. The van der Waals surface area contributed by atoms with Crippen molar-refractivity contribution in [3.63, 3.8) is 0 Å². The Bertz CT molecular complexity index is 1630. The predicted molar refractivity (Wildman–Crippen MR) is 154 cm³/mol. The van der Waals surface area contributed by atoms with Gasteiger partial charge >= 0.3 is 5.97 Å². The molecule has 0 spiro atoms. The van der Waals surface area contributed by atoms with Crippen LogP contribution in [0.2, 0.25) is 0 Å². The minimum atomic E-state index is -0.904. The number of hydrogen-bond donors (Lipinski definition) is 2. The van der Waals surface area contributed by atoms with Gasteiger partial charge in [-0.25, -0.2) is 0 Å². The van der Waals surface area contributed by atoms with Gasteiger partial charge in [-0.1, -0.05) is 30.3 Å². The Morgan fingerprint density at radius 3 is 2.55 bits per heavy atom. The van der Waals surface area contributed by atoms with Gasteiger partial charge in [-0.3, -0.25) is 14.5 Å². The maximum Gasteiger partial charge on any atom is 0.307 e. The third kappa shape index (κ3) is 6.13. The Kier molecular flexibility index (Phi) is 8.07. The molecule has 0 fully saturated rings. The number of fused-ring (bicyclic) bond motifs is 1. The molecule has 40 heavy (non-hydrogen) atoms. The summed E-state index contributed by atoms with van der Waals surface area (Å²) in [5.41, 5.74) is 12.4. The summed E-state index contributed by atoms with van der Waals surface area (Å²) in [7, 11) is 0. The second-order valence-corrected chi connectivity index (χ2v) is 9.90. The van der Waals surface area contributed by atoms with Crippen LogP contribution in [0.25, 0.3) is 22.0 Å². The predicted octanol–water partition coefficient (Wildman–Crippen LogP) is 5.92. The molecule has 0 aliphatic rings. The molecule has 0 bridgehead atoms. The molecule has 8 nitrogen and oxygen atoms in total. The lowest BCUT2D eigenvalue weighted by Crippen LogP contribution is -2.06. The van der Waals surface area contributed by atoms with Gasteiger partial charge in [0.05, 0.1) is 11.9 Å². The van der Waals surface area contributed by atoms with Crippen molar-refractivity contribution in [2.75, 3.05) is 0 Å². The van der Waals surface area contributed by atoms with Crippen molar-refractivity contribution < 1.29 is 19.4 Å². The minimum Gasteiger partial charge on any atom is -0.489 e. The fourth-order valence-electron chi connectivity index (χ4n) is 4.66. The van der Waals surface area contributed by atoms with Crippen LogP contribution < -0.4 is 15.2 Å². The molecule has 0 atom stereocenters. The number of nitrogens with zero attached hydrogens (tertiary/aromatic N) is 3. The van der Waals surface area contributed by atoms with Crippen molar-refractivity contribution in [3.05, 3.63) is 108 Å². The standard InChI is InChI=1S/C32H32N4O4/c1-21(2)36-30-10-9-24(26-12-23(17-33)13-27(14-26)39-19-22-6-5-11-34-18-22)15-28(30)29(35-36)20-40-31-8-4-3-7-25(31)16-32(37)38/h3-15,18,21H,16-17,19-20,33H2,1-2H3,(H,37,38).